The van der Waals surface area contributed by atoms with Gasteiger partial charge in [0, 0.05) is 0 Å². The highest BCUT2D eigenvalue weighted by Crippen LogP contribution is 2.12. The molecule has 0 fully saturated rings. The Bertz CT molecular complexity index is 548. The molecule has 1 heterocycles. The third kappa shape index (κ3) is 3.64. The van der Waals surface area contributed by atoms with E-state index in [0.29, 0.717) is 23.9 Å². The lowest BCUT2D eigenvalue weighted by atomic mass is 10.1. The van der Waals surface area contributed by atoms with Crippen molar-refractivity contribution in [2.75, 3.05) is 0 Å². The number of carbonyl (C=O) groups excluding carboxylic acids is 1. The molecule has 0 bridgehead atoms. The summed E-state index contributed by atoms with van der Waals surface area (Å²) in [4.78, 5) is 11.7. The Morgan fingerprint density at radius 2 is 2.17 bits per heavy atom. The second kappa shape index (κ2) is 5.74. The number of aryl methyl sites for hydroxylation is 1. The van der Waals surface area contributed by atoms with Crippen molar-refractivity contribution in [1.29, 1.82) is 0 Å². The van der Waals surface area contributed by atoms with Crippen LogP contribution in [0.15, 0.2) is 40.8 Å². The average Bonchev–Trinajstić information content (AvgIpc) is 2.73. The number of benzene rings is 1. The summed E-state index contributed by atoms with van der Waals surface area (Å²) in [5, 5.41) is 3.12. The van der Waals surface area contributed by atoms with Crippen LogP contribution in [-0.4, -0.2) is 5.91 Å². The second-order valence-electron chi connectivity index (χ2n) is 4.15. The van der Waals surface area contributed by atoms with E-state index < -0.39 is 0 Å². The van der Waals surface area contributed by atoms with E-state index in [0.717, 1.165) is 11.1 Å². The summed E-state index contributed by atoms with van der Waals surface area (Å²) < 4.78 is 5.15. The molecule has 2 rings (SSSR count). The topological polar surface area (TPSA) is 42.2 Å². The molecule has 1 N–H and O–H groups in total. The molecular formula is C14H14ClNO2. The molecular weight excluding hydrogens is 250 g/mol. The van der Waals surface area contributed by atoms with E-state index >= 15 is 0 Å². The zero-order chi connectivity index (χ0) is 13.0. The van der Waals surface area contributed by atoms with Crippen molar-refractivity contribution in [3.63, 3.8) is 0 Å². The molecule has 0 aliphatic rings. The van der Waals surface area contributed by atoms with Crippen LogP contribution in [0.3, 0.4) is 0 Å². The lowest BCUT2D eigenvalue weighted by molar-refractivity contribution is -0.120. The Labute approximate surface area is 111 Å². The van der Waals surface area contributed by atoms with Gasteiger partial charge in [-0.05, 0) is 36.2 Å². The molecule has 1 aromatic heterocycles. The maximum absolute atomic E-state index is 11.7. The minimum absolute atomic E-state index is 0.0341. The lowest BCUT2D eigenvalue weighted by Gasteiger charge is -2.04. The van der Waals surface area contributed by atoms with Gasteiger partial charge in [0.25, 0.3) is 0 Å². The maximum atomic E-state index is 11.7. The van der Waals surface area contributed by atoms with Crippen LogP contribution < -0.4 is 5.32 Å². The third-order valence-corrected chi connectivity index (χ3v) is 2.74. The molecule has 0 saturated heterocycles. The van der Waals surface area contributed by atoms with Gasteiger partial charge in [0.1, 0.15) is 5.76 Å². The fourth-order valence-corrected chi connectivity index (χ4v) is 1.86. The molecule has 0 unspecified atom stereocenters. The number of carbonyl (C=O) groups is 1. The molecule has 1 aromatic carbocycles. The first kappa shape index (κ1) is 12.7. The van der Waals surface area contributed by atoms with Crippen LogP contribution >= 0.6 is 11.6 Å². The summed E-state index contributed by atoms with van der Waals surface area (Å²) in [6.45, 7) is 2.36. The third-order valence-electron chi connectivity index (χ3n) is 2.54. The van der Waals surface area contributed by atoms with Crippen molar-refractivity contribution in [3.05, 3.63) is 58.5 Å². The van der Waals surface area contributed by atoms with Crippen LogP contribution in [0.2, 0.25) is 5.22 Å². The van der Waals surface area contributed by atoms with Gasteiger partial charge in [-0.1, -0.05) is 29.8 Å². The molecule has 18 heavy (non-hydrogen) atoms. The Kier molecular flexibility index (Phi) is 4.05. The number of hydrogen-bond acceptors (Lipinski definition) is 2. The molecule has 0 radical (unpaired) electrons. The van der Waals surface area contributed by atoms with Crippen LogP contribution in [-0.2, 0) is 17.8 Å². The zero-order valence-corrected chi connectivity index (χ0v) is 10.8. The molecule has 1 amide bonds. The minimum Gasteiger partial charge on any atom is -0.448 e. The summed E-state index contributed by atoms with van der Waals surface area (Å²) >= 11 is 5.64. The van der Waals surface area contributed by atoms with E-state index in [1.54, 1.807) is 12.1 Å². The van der Waals surface area contributed by atoms with Gasteiger partial charge in [-0.2, -0.15) is 0 Å². The highest BCUT2D eigenvalue weighted by atomic mass is 35.5. The van der Waals surface area contributed by atoms with Gasteiger partial charge in [-0.25, -0.2) is 0 Å². The number of amides is 1. The minimum atomic E-state index is -0.0341. The summed E-state index contributed by atoms with van der Waals surface area (Å²) in [6, 6.07) is 11.3. The van der Waals surface area contributed by atoms with Gasteiger partial charge in [0.2, 0.25) is 5.91 Å². The Hall–Kier alpha value is -1.74. The monoisotopic (exact) mass is 263 g/mol. The number of rotatable bonds is 4. The lowest BCUT2D eigenvalue weighted by Crippen LogP contribution is -2.24. The van der Waals surface area contributed by atoms with E-state index in [4.69, 9.17) is 16.0 Å². The van der Waals surface area contributed by atoms with Crippen LogP contribution in [0, 0.1) is 6.92 Å². The quantitative estimate of drug-likeness (QED) is 0.921. The maximum Gasteiger partial charge on any atom is 0.224 e. The smallest absolute Gasteiger partial charge is 0.224 e. The Morgan fingerprint density at radius 1 is 1.33 bits per heavy atom. The molecule has 0 spiro atoms. The van der Waals surface area contributed by atoms with Gasteiger partial charge in [0.15, 0.2) is 5.22 Å². The van der Waals surface area contributed by atoms with Gasteiger partial charge < -0.3 is 9.73 Å². The van der Waals surface area contributed by atoms with Crippen LogP contribution in [0.5, 0.6) is 0 Å². The van der Waals surface area contributed by atoms with Gasteiger partial charge in [0.05, 0.1) is 13.0 Å². The zero-order valence-electron chi connectivity index (χ0n) is 10.1. The molecule has 0 aliphatic heterocycles. The molecule has 0 atom stereocenters. The van der Waals surface area contributed by atoms with E-state index in [9.17, 15) is 4.79 Å². The summed E-state index contributed by atoms with van der Waals surface area (Å²) in [7, 11) is 0. The molecule has 94 valence electrons. The number of nitrogens with one attached hydrogen (secondary N) is 1. The number of hydrogen-bond donors (Lipinski definition) is 1. The molecule has 0 saturated carbocycles. The molecule has 0 aliphatic carbocycles. The van der Waals surface area contributed by atoms with E-state index in [-0.39, 0.29) is 5.91 Å². The molecule has 2 aromatic rings. The molecule has 4 heteroatoms. The van der Waals surface area contributed by atoms with Gasteiger partial charge >= 0.3 is 0 Å². The van der Waals surface area contributed by atoms with Crippen molar-refractivity contribution >= 4 is 17.5 Å². The number of halogens is 1. The molecule has 3 nitrogen and oxygen atoms in total. The summed E-state index contributed by atoms with van der Waals surface area (Å²) in [5.74, 6) is 0.616. The predicted molar refractivity (Wildman–Crippen MR) is 70.4 cm³/mol. The van der Waals surface area contributed by atoms with Crippen LogP contribution in [0.4, 0.5) is 0 Å². The van der Waals surface area contributed by atoms with Crippen molar-refractivity contribution in [2.24, 2.45) is 0 Å². The first-order chi connectivity index (χ1) is 8.63. The highest BCUT2D eigenvalue weighted by Gasteiger charge is 2.05. The van der Waals surface area contributed by atoms with Crippen LogP contribution in [0.25, 0.3) is 0 Å². The van der Waals surface area contributed by atoms with Crippen molar-refractivity contribution in [2.45, 2.75) is 19.9 Å². The fraction of sp³-hybridized carbons (Fsp3) is 0.214. The second-order valence-corrected chi connectivity index (χ2v) is 4.52. The standard InChI is InChI=1S/C14H14ClNO2/c1-10-3-2-4-11(7-10)8-14(17)16-9-12-5-6-13(15)18-12/h2-7H,8-9H2,1H3,(H,16,17). The fourth-order valence-electron chi connectivity index (χ4n) is 1.70. The summed E-state index contributed by atoms with van der Waals surface area (Å²) in [5.41, 5.74) is 2.16. The van der Waals surface area contributed by atoms with Crippen molar-refractivity contribution in [1.82, 2.24) is 5.32 Å². The highest BCUT2D eigenvalue weighted by molar-refractivity contribution is 6.28. The SMILES string of the molecule is Cc1cccc(CC(=O)NCc2ccc(Cl)o2)c1. The van der Waals surface area contributed by atoms with E-state index in [1.165, 1.54) is 0 Å². The average molecular weight is 264 g/mol. The first-order valence-electron chi connectivity index (χ1n) is 5.70. The first-order valence-corrected chi connectivity index (χ1v) is 6.08. The predicted octanol–water partition coefficient (Wildman–Crippen LogP) is 3.10. The van der Waals surface area contributed by atoms with Crippen molar-refractivity contribution in [3.8, 4) is 0 Å². The Morgan fingerprint density at radius 3 is 2.83 bits per heavy atom. The normalized spacial score (nSPS) is 10.3. The number of furan rings is 1. The van der Waals surface area contributed by atoms with Gasteiger partial charge in [-0.3, -0.25) is 4.79 Å². The largest absolute Gasteiger partial charge is 0.448 e. The Balaban J connectivity index is 1.85. The van der Waals surface area contributed by atoms with Crippen LogP contribution in [0.1, 0.15) is 16.9 Å². The van der Waals surface area contributed by atoms with Gasteiger partial charge in [-0.15, -0.1) is 0 Å². The summed E-state index contributed by atoms with van der Waals surface area (Å²) in [6.07, 6.45) is 0.371. The van der Waals surface area contributed by atoms with E-state index in [2.05, 4.69) is 5.32 Å². The van der Waals surface area contributed by atoms with E-state index in [1.807, 2.05) is 31.2 Å². The van der Waals surface area contributed by atoms with Crippen molar-refractivity contribution < 1.29 is 9.21 Å².